The van der Waals surface area contributed by atoms with Gasteiger partial charge in [-0.2, -0.15) is 0 Å². The fourth-order valence-electron chi connectivity index (χ4n) is 3.49. The van der Waals surface area contributed by atoms with Crippen LogP contribution >= 0.6 is 11.3 Å². The minimum absolute atomic E-state index is 0.0330. The molecule has 5 heteroatoms. The van der Waals surface area contributed by atoms with E-state index >= 15 is 0 Å². The molecule has 0 bridgehead atoms. The molecule has 1 heterocycles. The lowest BCUT2D eigenvalue weighted by Crippen LogP contribution is -2.49. The van der Waals surface area contributed by atoms with Gasteiger partial charge in [-0.05, 0) is 43.5 Å². The van der Waals surface area contributed by atoms with Gasteiger partial charge in [0, 0.05) is 32.8 Å². The third-order valence-electron chi connectivity index (χ3n) is 5.08. The quantitative estimate of drug-likeness (QED) is 0.406. The zero-order valence-corrected chi connectivity index (χ0v) is 17.0. The summed E-state index contributed by atoms with van der Waals surface area (Å²) in [5, 5.41) is 18.6. The molecule has 0 aliphatic rings. The molecular formula is C22H28N2O2S. The molecule has 3 aromatic rings. The molecule has 0 radical (unpaired) electrons. The molecule has 3 unspecified atom stereocenters. The topological polar surface area (TPSA) is 61.4 Å². The summed E-state index contributed by atoms with van der Waals surface area (Å²) in [7, 11) is 0. The van der Waals surface area contributed by atoms with Gasteiger partial charge in [-0.25, -0.2) is 0 Å². The molecular weight excluding hydrogens is 356 g/mol. The van der Waals surface area contributed by atoms with E-state index in [0.717, 1.165) is 38.6 Å². The van der Waals surface area contributed by atoms with Crippen LogP contribution < -0.4 is 16.1 Å². The summed E-state index contributed by atoms with van der Waals surface area (Å²) in [5.41, 5.74) is 1.11. The Labute approximate surface area is 164 Å². The molecule has 27 heavy (non-hydrogen) atoms. The van der Waals surface area contributed by atoms with Gasteiger partial charge in [0.1, 0.15) is 0 Å². The number of hydrogen-bond donors (Lipinski definition) is 3. The molecule has 0 spiro atoms. The summed E-state index contributed by atoms with van der Waals surface area (Å²) in [6.07, 6.45) is 1.28. The van der Waals surface area contributed by atoms with E-state index in [1.807, 2.05) is 56.3 Å². The Morgan fingerprint density at radius 3 is 2.52 bits per heavy atom. The fourth-order valence-corrected chi connectivity index (χ4v) is 4.62. The van der Waals surface area contributed by atoms with Crippen molar-refractivity contribution in [2.75, 3.05) is 0 Å². The second kappa shape index (κ2) is 8.93. The SMILES string of the molecule is CCC(O)C(CC)NC(C)NCc1cccc2sc3ccccc3c(=O)c12. The molecule has 1 aromatic heterocycles. The first kappa shape index (κ1) is 20.0. The Kier molecular flexibility index (Phi) is 6.60. The van der Waals surface area contributed by atoms with Crippen molar-refractivity contribution >= 4 is 31.5 Å². The van der Waals surface area contributed by atoms with Crippen LogP contribution in [0.5, 0.6) is 0 Å². The van der Waals surface area contributed by atoms with Crippen LogP contribution in [0.4, 0.5) is 0 Å². The van der Waals surface area contributed by atoms with Crippen LogP contribution in [0.3, 0.4) is 0 Å². The minimum atomic E-state index is -0.349. The van der Waals surface area contributed by atoms with Crippen molar-refractivity contribution in [2.24, 2.45) is 0 Å². The summed E-state index contributed by atoms with van der Waals surface area (Å²) in [6.45, 7) is 6.71. The van der Waals surface area contributed by atoms with Gasteiger partial charge in [-0.15, -0.1) is 11.3 Å². The van der Waals surface area contributed by atoms with Crippen LogP contribution in [0, 0.1) is 0 Å². The highest BCUT2D eigenvalue weighted by Gasteiger charge is 2.17. The number of fused-ring (bicyclic) bond motifs is 2. The molecule has 3 atom stereocenters. The predicted octanol–water partition coefficient (Wildman–Crippen LogP) is 3.99. The van der Waals surface area contributed by atoms with E-state index in [2.05, 4.69) is 17.6 Å². The lowest BCUT2D eigenvalue weighted by Gasteiger charge is -2.26. The van der Waals surface area contributed by atoms with E-state index in [-0.39, 0.29) is 23.7 Å². The second-order valence-corrected chi connectivity index (χ2v) is 8.06. The predicted molar refractivity (Wildman–Crippen MR) is 115 cm³/mol. The maximum absolute atomic E-state index is 13.0. The van der Waals surface area contributed by atoms with E-state index in [1.165, 1.54) is 0 Å². The highest BCUT2D eigenvalue weighted by Crippen LogP contribution is 2.26. The molecule has 0 aliphatic carbocycles. The maximum Gasteiger partial charge on any atom is 0.196 e. The van der Waals surface area contributed by atoms with Gasteiger partial charge in [-0.3, -0.25) is 15.4 Å². The Bertz CT molecular complexity index is 969. The van der Waals surface area contributed by atoms with Crippen LogP contribution in [0.2, 0.25) is 0 Å². The van der Waals surface area contributed by atoms with E-state index in [9.17, 15) is 9.90 Å². The number of hydrogen-bond acceptors (Lipinski definition) is 5. The van der Waals surface area contributed by atoms with E-state index in [0.29, 0.717) is 6.54 Å². The number of benzene rings is 2. The summed E-state index contributed by atoms with van der Waals surface area (Å²) in [6, 6.07) is 13.9. The van der Waals surface area contributed by atoms with Crippen molar-refractivity contribution in [3.05, 3.63) is 58.3 Å². The van der Waals surface area contributed by atoms with Crippen LogP contribution in [-0.4, -0.2) is 23.4 Å². The van der Waals surface area contributed by atoms with E-state index < -0.39 is 0 Å². The molecule has 144 valence electrons. The fraction of sp³-hybridized carbons (Fsp3) is 0.409. The standard InChI is InChI=1S/C22H28N2O2S/c1-4-17(18(25)5-2)24-14(3)23-13-15-9-8-12-20-21(15)22(26)16-10-6-7-11-19(16)27-20/h6-12,14,17-18,23-25H,4-5,13H2,1-3H3. The van der Waals surface area contributed by atoms with Crippen molar-refractivity contribution in [2.45, 2.75) is 58.5 Å². The van der Waals surface area contributed by atoms with Crippen LogP contribution in [-0.2, 0) is 6.54 Å². The van der Waals surface area contributed by atoms with Crippen LogP contribution in [0.15, 0.2) is 47.3 Å². The van der Waals surface area contributed by atoms with Gasteiger partial charge in [0.25, 0.3) is 0 Å². The molecule has 4 nitrogen and oxygen atoms in total. The number of aliphatic hydroxyl groups excluding tert-OH is 1. The summed E-state index contributed by atoms with van der Waals surface area (Å²) < 4.78 is 2.04. The van der Waals surface area contributed by atoms with Crippen molar-refractivity contribution in [3.8, 4) is 0 Å². The molecule has 0 fully saturated rings. The molecule has 3 N–H and O–H groups in total. The summed E-state index contributed by atoms with van der Waals surface area (Å²) in [4.78, 5) is 13.0. The van der Waals surface area contributed by atoms with Gasteiger partial charge >= 0.3 is 0 Å². The highest BCUT2D eigenvalue weighted by molar-refractivity contribution is 7.24. The summed E-state index contributed by atoms with van der Waals surface area (Å²) >= 11 is 1.66. The largest absolute Gasteiger partial charge is 0.392 e. The third-order valence-corrected chi connectivity index (χ3v) is 6.21. The maximum atomic E-state index is 13.0. The first-order valence-electron chi connectivity index (χ1n) is 9.66. The molecule has 0 saturated carbocycles. The molecule has 0 saturated heterocycles. The monoisotopic (exact) mass is 384 g/mol. The van der Waals surface area contributed by atoms with Crippen molar-refractivity contribution in [1.29, 1.82) is 0 Å². The van der Waals surface area contributed by atoms with E-state index in [4.69, 9.17) is 0 Å². The van der Waals surface area contributed by atoms with Crippen molar-refractivity contribution in [3.63, 3.8) is 0 Å². The highest BCUT2D eigenvalue weighted by atomic mass is 32.1. The Hall–Kier alpha value is -1.79. The van der Waals surface area contributed by atoms with Gasteiger partial charge in [0.2, 0.25) is 0 Å². The van der Waals surface area contributed by atoms with E-state index in [1.54, 1.807) is 11.3 Å². The minimum Gasteiger partial charge on any atom is -0.392 e. The van der Waals surface area contributed by atoms with Gasteiger partial charge in [0.15, 0.2) is 5.43 Å². The zero-order chi connectivity index (χ0) is 19.4. The van der Waals surface area contributed by atoms with Gasteiger partial charge < -0.3 is 5.11 Å². The summed E-state index contributed by atoms with van der Waals surface area (Å²) in [5.74, 6) is 0. The molecule has 3 rings (SSSR count). The Morgan fingerprint density at radius 1 is 1.04 bits per heavy atom. The number of rotatable bonds is 8. The molecule has 0 amide bonds. The Balaban J connectivity index is 1.83. The third kappa shape index (κ3) is 4.38. The first-order valence-corrected chi connectivity index (χ1v) is 10.5. The average Bonchev–Trinajstić information content (AvgIpc) is 2.69. The lowest BCUT2D eigenvalue weighted by atomic mass is 10.1. The molecule has 2 aromatic carbocycles. The van der Waals surface area contributed by atoms with Gasteiger partial charge in [0.05, 0.1) is 12.3 Å². The van der Waals surface area contributed by atoms with Crippen LogP contribution in [0.25, 0.3) is 20.2 Å². The second-order valence-electron chi connectivity index (χ2n) is 6.98. The average molecular weight is 385 g/mol. The first-order chi connectivity index (χ1) is 13.0. The lowest BCUT2D eigenvalue weighted by molar-refractivity contribution is 0.112. The zero-order valence-electron chi connectivity index (χ0n) is 16.2. The van der Waals surface area contributed by atoms with Crippen molar-refractivity contribution in [1.82, 2.24) is 10.6 Å². The molecule has 0 aliphatic heterocycles. The van der Waals surface area contributed by atoms with Crippen LogP contribution in [0.1, 0.15) is 39.2 Å². The smallest absolute Gasteiger partial charge is 0.196 e. The number of aliphatic hydroxyl groups is 1. The normalized spacial score (nSPS) is 15.1. The Morgan fingerprint density at radius 2 is 1.78 bits per heavy atom. The number of nitrogens with one attached hydrogen (secondary N) is 2. The van der Waals surface area contributed by atoms with Gasteiger partial charge in [-0.1, -0.05) is 38.1 Å². The van der Waals surface area contributed by atoms with Crippen molar-refractivity contribution < 1.29 is 5.11 Å².